The van der Waals surface area contributed by atoms with Crippen LogP contribution in [0.15, 0.2) is 15.9 Å². The molecule has 6 nitrogen and oxygen atoms in total. The largest absolute Gasteiger partial charge is 0.388 e. The molecule has 118 valence electrons. The molecule has 3 rings (SSSR count). The molecule has 2 aromatic rings. The van der Waals surface area contributed by atoms with Crippen molar-refractivity contribution in [2.24, 2.45) is 10.9 Å². The molecule has 2 N–H and O–H groups in total. The minimum Gasteiger partial charge on any atom is -0.388 e. The van der Waals surface area contributed by atoms with E-state index in [9.17, 15) is 0 Å². The van der Waals surface area contributed by atoms with Crippen molar-refractivity contribution in [2.45, 2.75) is 38.9 Å². The third-order valence-corrected chi connectivity index (χ3v) is 5.12. The van der Waals surface area contributed by atoms with Crippen LogP contribution in [-0.4, -0.2) is 22.4 Å². The number of rotatable bonds is 6. The Labute approximate surface area is 137 Å². The summed E-state index contributed by atoms with van der Waals surface area (Å²) in [5.41, 5.74) is 7.69. The summed E-state index contributed by atoms with van der Waals surface area (Å²) < 4.78 is 5.62. The second-order valence-electron chi connectivity index (χ2n) is 5.09. The molecule has 3 heterocycles. The van der Waals surface area contributed by atoms with Crippen LogP contribution in [0.4, 0.5) is 0 Å². The number of aryl methyl sites for hydroxylation is 1. The van der Waals surface area contributed by atoms with E-state index < -0.39 is 0 Å². The second-order valence-corrected chi connectivity index (χ2v) is 6.93. The van der Waals surface area contributed by atoms with Gasteiger partial charge in [-0.3, -0.25) is 0 Å². The minimum atomic E-state index is 0.153. The summed E-state index contributed by atoms with van der Waals surface area (Å²) in [5, 5.41) is 9.86. The second kappa shape index (κ2) is 7.17. The highest BCUT2D eigenvalue weighted by molar-refractivity contribution is 7.10. The zero-order valence-electron chi connectivity index (χ0n) is 12.3. The summed E-state index contributed by atoms with van der Waals surface area (Å²) in [5.74, 6) is 0.420. The van der Waals surface area contributed by atoms with Crippen LogP contribution in [0.1, 0.15) is 40.3 Å². The number of aromatic nitrogens is 2. The highest BCUT2D eigenvalue weighted by Gasteiger charge is 2.20. The average molecular weight is 338 g/mol. The lowest BCUT2D eigenvalue weighted by molar-refractivity contribution is 0.109. The number of nitrogens with two attached hydrogens (primary N) is 1. The van der Waals surface area contributed by atoms with Crippen LogP contribution < -0.4 is 5.73 Å². The lowest BCUT2D eigenvalue weighted by Gasteiger charge is -2.03. The maximum atomic E-state index is 5.84. The standard InChI is InChI=1S/C14H18N4O2S2/c1-9-7-21-13(16-9)5-12(15)18-20-6-10-8-22-14(17-10)11-3-2-4-19-11/h7-8,11H,2-6H2,1H3,(H2,15,18). The zero-order valence-corrected chi connectivity index (χ0v) is 14.0. The lowest BCUT2D eigenvalue weighted by atomic mass is 10.2. The van der Waals surface area contributed by atoms with Crippen molar-refractivity contribution in [1.29, 1.82) is 0 Å². The smallest absolute Gasteiger partial charge is 0.160 e. The Morgan fingerprint density at radius 1 is 1.45 bits per heavy atom. The monoisotopic (exact) mass is 338 g/mol. The molecule has 0 spiro atoms. The van der Waals surface area contributed by atoms with Crippen LogP contribution >= 0.6 is 22.7 Å². The Morgan fingerprint density at radius 2 is 2.36 bits per heavy atom. The van der Waals surface area contributed by atoms with Crippen molar-refractivity contribution in [1.82, 2.24) is 9.97 Å². The third-order valence-electron chi connectivity index (χ3n) is 3.17. The number of hydrogen-bond donors (Lipinski definition) is 1. The van der Waals surface area contributed by atoms with E-state index in [-0.39, 0.29) is 6.10 Å². The molecule has 1 atom stereocenters. The van der Waals surface area contributed by atoms with E-state index in [1.807, 2.05) is 17.7 Å². The number of thiazole rings is 2. The van der Waals surface area contributed by atoms with Crippen molar-refractivity contribution < 1.29 is 9.57 Å². The van der Waals surface area contributed by atoms with Crippen molar-refractivity contribution in [2.75, 3.05) is 6.61 Å². The van der Waals surface area contributed by atoms with E-state index in [0.29, 0.717) is 18.9 Å². The quantitative estimate of drug-likeness (QED) is 0.497. The van der Waals surface area contributed by atoms with Gasteiger partial charge in [0.15, 0.2) is 6.61 Å². The molecule has 1 saturated heterocycles. The van der Waals surface area contributed by atoms with Crippen LogP contribution in [0.2, 0.25) is 0 Å². The van der Waals surface area contributed by atoms with Gasteiger partial charge in [-0.25, -0.2) is 9.97 Å². The molecular weight excluding hydrogens is 320 g/mol. The first-order chi connectivity index (χ1) is 10.7. The summed E-state index contributed by atoms with van der Waals surface area (Å²) >= 11 is 3.18. The van der Waals surface area contributed by atoms with Crippen LogP contribution in [-0.2, 0) is 22.6 Å². The fraction of sp³-hybridized carbons (Fsp3) is 0.500. The van der Waals surface area contributed by atoms with Gasteiger partial charge >= 0.3 is 0 Å². The molecule has 0 aromatic carbocycles. The van der Waals surface area contributed by atoms with E-state index in [4.69, 9.17) is 15.3 Å². The SMILES string of the molecule is Cc1csc(CC(N)=NOCc2csc(C3CCCO3)n2)n1. The molecule has 22 heavy (non-hydrogen) atoms. The van der Waals surface area contributed by atoms with Gasteiger partial charge in [0.05, 0.1) is 12.1 Å². The van der Waals surface area contributed by atoms with Gasteiger partial charge in [0, 0.05) is 23.1 Å². The van der Waals surface area contributed by atoms with Gasteiger partial charge in [-0.15, -0.1) is 22.7 Å². The number of amidine groups is 1. The fourth-order valence-electron chi connectivity index (χ4n) is 2.16. The van der Waals surface area contributed by atoms with E-state index in [1.54, 1.807) is 22.7 Å². The highest BCUT2D eigenvalue weighted by Crippen LogP contribution is 2.30. The summed E-state index contributed by atoms with van der Waals surface area (Å²) in [6, 6.07) is 0. The maximum Gasteiger partial charge on any atom is 0.160 e. The predicted molar refractivity (Wildman–Crippen MR) is 87.0 cm³/mol. The average Bonchev–Trinajstić information content (AvgIpc) is 3.20. The van der Waals surface area contributed by atoms with E-state index in [2.05, 4.69) is 15.1 Å². The van der Waals surface area contributed by atoms with Crippen LogP contribution in [0.5, 0.6) is 0 Å². The van der Waals surface area contributed by atoms with Gasteiger partial charge < -0.3 is 15.3 Å². The summed E-state index contributed by atoms with van der Waals surface area (Å²) in [4.78, 5) is 14.1. The van der Waals surface area contributed by atoms with Gasteiger partial charge in [0.25, 0.3) is 0 Å². The van der Waals surface area contributed by atoms with Crippen LogP contribution in [0.3, 0.4) is 0 Å². The van der Waals surface area contributed by atoms with Crippen molar-refractivity contribution in [3.63, 3.8) is 0 Å². The maximum absolute atomic E-state index is 5.84. The van der Waals surface area contributed by atoms with Gasteiger partial charge in [-0.1, -0.05) is 5.16 Å². The van der Waals surface area contributed by atoms with E-state index in [1.165, 1.54) is 0 Å². The molecule has 0 radical (unpaired) electrons. The minimum absolute atomic E-state index is 0.153. The third kappa shape index (κ3) is 4.02. The predicted octanol–water partition coefficient (Wildman–Crippen LogP) is 2.79. The number of nitrogens with zero attached hydrogens (tertiary/aromatic N) is 3. The molecule has 8 heteroatoms. The van der Waals surface area contributed by atoms with Crippen LogP contribution in [0, 0.1) is 6.92 Å². The fourth-order valence-corrected chi connectivity index (χ4v) is 3.83. The summed E-state index contributed by atoms with van der Waals surface area (Å²) in [6.45, 7) is 3.10. The molecule has 1 fully saturated rings. The normalized spacial score (nSPS) is 18.8. The summed E-state index contributed by atoms with van der Waals surface area (Å²) in [6.07, 6.45) is 2.82. The number of oxime groups is 1. The Balaban J connectivity index is 1.48. The summed E-state index contributed by atoms with van der Waals surface area (Å²) in [7, 11) is 0. The molecular formula is C14H18N4O2S2. The van der Waals surface area contributed by atoms with Gasteiger partial charge in [-0.2, -0.15) is 0 Å². The first-order valence-corrected chi connectivity index (χ1v) is 8.88. The van der Waals surface area contributed by atoms with Gasteiger partial charge in [0.2, 0.25) is 0 Å². The van der Waals surface area contributed by atoms with Gasteiger partial charge in [0.1, 0.15) is 22.0 Å². The molecule has 0 amide bonds. The first kappa shape index (κ1) is 15.4. The van der Waals surface area contributed by atoms with Crippen molar-refractivity contribution in [3.05, 3.63) is 32.2 Å². The molecule has 0 bridgehead atoms. The van der Waals surface area contributed by atoms with E-state index >= 15 is 0 Å². The molecule has 0 aliphatic carbocycles. The molecule has 0 saturated carbocycles. The van der Waals surface area contributed by atoms with Crippen molar-refractivity contribution >= 4 is 28.5 Å². The first-order valence-electron chi connectivity index (χ1n) is 7.12. The Kier molecular flexibility index (Phi) is 5.01. The molecule has 1 aliphatic rings. The molecule has 1 aliphatic heterocycles. The zero-order chi connectivity index (χ0) is 15.4. The number of ether oxygens (including phenoxy) is 1. The van der Waals surface area contributed by atoms with Gasteiger partial charge in [-0.05, 0) is 19.8 Å². The topological polar surface area (TPSA) is 82.6 Å². The Morgan fingerprint density at radius 3 is 3.09 bits per heavy atom. The lowest BCUT2D eigenvalue weighted by Crippen LogP contribution is -2.15. The van der Waals surface area contributed by atoms with E-state index in [0.717, 1.165) is 40.9 Å². The molecule has 1 unspecified atom stereocenters. The number of hydrogen-bond acceptors (Lipinski definition) is 7. The Hall–Kier alpha value is -1.51. The van der Waals surface area contributed by atoms with Crippen LogP contribution in [0.25, 0.3) is 0 Å². The molecule has 2 aromatic heterocycles. The van der Waals surface area contributed by atoms with Crippen molar-refractivity contribution in [3.8, 4) is 0 Å². The highest BCUT2D eigenvalue weighted by atomic mass is 32.1. The Bertz CT molecular complexity index is 647.